The van der Waals surface area contributed by atoms with E-state index < -0.39 is 19.3 Å². The predicted molar refractivity (Wildman–Crippen MR) is 71.0 cm³/mol. The first-order valence-electron chi connectivity index (χ1n) is 5.54. The second kappa shape index (κ2) is 5.47. The van der Waals surface area contributed by atoms with E-state index in [1.54, 1.807) is 13.5 Å². The Kier molecular flexibility index (Phi) is 4.44. The van der Waals surface area contributed by atoms with Crippen LogP contribution in [0.15, 0.2) is 27.6 Å². The Bertz CT molecular complexity index is 557. The van der Waals surface area contributed by atoms with E-state index in [0.29, 0.717) is 10.8 Å². The molecule has 0 unspecified atom stereocenters. The zero-order chi connectivity index (χ0) is 13.9. The van der Waals surface area contributed by atoms with Crippen LogP contribution in [0.4, 0.5) is 0 Å². The molecule has 3 N–H and O–H groups in total. The van der Waals surface area contributed by atoms with Crippen molar-refractivity contribution in [2.24, 2.45) is 0 Å². The van der Waals surface area contributed by atoms with Crippen LogP contribution < -0.4 is 11.2 Å². The van der Waals surface area contributed by atoms with Crippen LogP contribution >= 0.6 is 0 Å². The summed E-state index contributed by atoms with van der Waals surface area (Å²) in [6.45, 7) is 7.44. The van der Waals surface area contributed by atoms with Crippen LogP contribution in [0.1, 0.15) is 5.56 Å². The number of allylic oxidation sites excluding steroid dienone is 1. The molecule has 0 aliphatic carbocycles. The molecule has 0 bridgehead atoms. The van der Waals surface area contributed by atoms with E-state index in [0.717, 1.165) is 0 Å². The largest absolute Gasteiger partial charge is 0.399 e. The first-order chi connectivity index (χ1) is 8.34. The normalized spacial score (nSPS) is 11.6. The number of aliphatic hydroxyl groups is 2. The second-order valence-electron chi connectivity index (χ2n) is 4.68. The summed E-state index contributed by atoms with van der Waals surface area (Å²) in [6.07, 6.45) is 1.20. The number of aliphatic hydroxyl groups excluding tert-OH is 2. The highest BCUT2D eigenvalue weighted by atomic mass is 28.3. The van der Waals surface area contributed by atoms with Crippen molar-refractivity contribution in [3.63, 3.8) is 0 Å². The van der Waals surface area contributed by atoms with Gasteiger partial charge in [0.2, 0.25) is 0 Å². The van der Waals surface area contributed by atoms with E-state index in [4.69, 9.17) is 0 Å². The monoisotopic (exact) mass is 270 g/mol. The van der Waals surface area contributed by atoms with Crippen molar-refractivity contribution in [2.75, 3.05) is 12.5 Å². The molecule has 0 saturated heterocycles. The molecule has 0 amide bonds. The minimum Gasteiger partial charge on any atom is -0.399 e. The van der Waals surface area contributed by atoms with Gasteiger partial charge in [0.15, 0.2) is 0 Å². The molecule has 1 aromatic rings. The Morgan fingerprint density at radius 3 is 2.50 bits per heavy atom. The Labute approximate surface area is 105 Å². The number of hydrogen-bond donors (Lipinski definition) is 3. The molecule has 100 valence electrons. The molecule has 0 spiro atoms. The molecule has 0 aliphatic rings. The summed E-state index contributed by atoms with van der Waals surface area (Å²) in [5.41, 5.74) is -0.496. The van der Waals surface area contributed by atoms with Crippen LogP contribution in [0.3, 0.4) is 0 Å². The lowest BCUT2D eigenvalue weighted by molar-refractivity contribution is 0.323. The molecule has 7 heteroatoms. The minimum atomic E-state index is -2.37. The van der Waals surface area contributed by atoms with Crippen molar-refractivity contribution < 1.29 is 10.2 Å². The zero-order valence-electron chi connectivity index (χ0n) is 10.6. The summed E-state index contributed by atoms with van der Waals surface area (Å²) in [5.74, 6) is 0. The van der Waals surface area contributed by atoms with Crippen molar-refractivity contribution in [3.05, 3.63) is 44.4 Å². The van der Waals surface area contributed by atoms with Gasteiger partial charge in [0.25, 0.3) is 5.56 Å². The van der Waals surface area contributed by atoms with Crippen molar-refractivity contribution in [1.82, 2.24) is 9.55 Å². The van der Waals surface area contributed by atoms with Crippen LogP contribution in [-0.2, 0) is 6.54 Å². The topological polar surface area (TPSA) is 95.3 Å². The molecule has 1 rings (SSSR count). The third kappa shape index (κ3) is 2.87. The van der Waals surface area contributed by atoms with Gasteiger partial charge < -0.3 is 10.2 Å². The lowest BCUT2D eigenvalue weighted by atomic mass is 10.4. The highest BCUT2D eigenvalue weighted by Crippen LogP contribution is 2.13. The molecule has 6 nitrogen and oxygen atoms in total. The number of H-pyrrole nitrogens is 1. The van der Waals surface area contributed by atoms with Crippen molar-refractivity contribution >= 4 is 8.07 Å². The average molecular weight is 270 g/mol. The second-order valence-corrected chi connectivity index (χ2v) is 9.14. The van der Waals surface area contributed by atoms with E-state index in [-0.39, 0.29) is 19.0 Å². The maximum absolute atomic E-state index is 11.6. The first kappa shape index (κ1) is 14.6. The van der Waals surface area contributed by atoms with Crippen molar-refractivity contribution in [2.45, 2.75) is 20.0 Å². The number of aromatic amines is 1. The summed E-state index contributed by atoms with van der Waals surface area (Å²) in [5, 5.41) is 19.2. The predicted octanol–water partition coefficient (Wildman–Crippen LogP) is -0.918. The van der Waals surface area contributed by atoms with Crippen LogP contribution in [0, 0.1) is 6.92 Å². The summed E-state index contributed by atoms with van der Waals surface area (Å²) in [6, 6.07) is 0. The van der Waals surface area contributed by atoms with Crippen LogP contribution in [-0.4, -0.2) is 40.3 Å². The molecule has 18 heavy (non-hydrogen) atoms. The number of nitrogens with zero attached hydrogens (tertiary/aromatic N) is 1. The van der Waals surface area contributed by atoms with Gasteiger partial charge in [-0.05, 0) is 6.92 Å². The van der Waals surface area contributed by atoms with Gasteiger partial charge in [-0.15, -0.1) is 6.58 Å². The highest BCUT2D eigenvalue weighted by Gasteiger charge is 2.29. The molecule has 0 aliphatic heterocycles. The Morgan fingerprint density at radius 1 is 1.44 bits per heavy atom. The van der Waals surface area contributed by atoms with E-state index >= 15 is 0 Å². The fourth-order valence-electron chi connectivity index (χ4n) is 1.41. The van der Waals surface area contributed by atoms with Crippen LogP contribution in [0.25, 0.3) is 0 Å². The standard InChI is InChI=1S/C11H18N2O4Si/c1-8-4-13(11(17)12-10(8)16)5-9(2)18(3,6-14)7-15/h4,14-15H,2,5-7H2,1,3H3,(H,12,16,17). The molecule has 0 radical (unpaired) electrons. The van der Waals surface area contributed by atoms with Gasteiger partial charge in [0, 0.05) is 30.8 Å². The third-order valence-corrected chi connectivity index (χ3v) is 6.36. The van der Waals surface area contributed by atoms with E-state index in [1.807, 2.05) is 0 Å². The van der Waals surface area contributed by atoms with Gasteiger partial charge in [-0.25, -0.2) is 4.79 Å². The van der Waals surface area contributed by atoms with E-state index in [1.165, 1.54) is 10.8 Å². The fraction of sp³-hybridized carbons (Fsp3) is 0.455. The number of hydrogen-bond acceptors (Lipinski definition) is 4. The molecule has 1 aromatic heterocycles. The fourth-order valence-corrected chi connectivity index (χ4v) is 2.51. The summed E-state index contributed by atoms with van der Waals surface area (Å²) < 4.78 is 1.33. The molecular formula is C11H18N2O4Si. The molecule has 0 aromatic carbocycles. The Morgan fingerprint density at radius 2 is 2.00 bits per heavy atom. The van der Waals surface area contributed by atoms with Gasteiger partial charge in [-0.3, -0.25) is 14.3 Å². The van der Waals surface area contributed by atoms with Gasteiger partial charge in [0.05, 0.1) is 0 Å². The highest BCUT2D eigenvalue weighted by molar-refractivity contribution is 6.85. The third-order valence-electron chi connectivity index (χ3n) is 3.10. The van der Waals surface area contributed by atoms with E-state index in [2.05, 4.69) is 11.6 Å². The lowest BCUT2D eigenvalue weighted by Crippen LogP contribution is -2.45. The number of nitrogens with one attached hydrogen (secondary N) is 1. The quantitative estimate of drug-likeness (QED) is 0.603. The smallest absolute Gasteiger partial charge is 0.328 e. The Balaban J connectivity index is 3.06. The zero-order valence-corrected chi connectivity index (χ0v) is 11.6. The van der Waals surface area contributed by atoms with Crippen LogP contribution in [0.2, 0.25) is 6.55 Å². The van der Waals surface area contributed by atoms with Gasteiger partial charge in [-0.1, -0.05) is 11.7 Å². The van der Waals surface area contributed by atoms with Crippen LogP contribution in [0.5, 0.6) is 0 Å². The van der Waals surface area contributed by atoms with Gasteiger partial charge >= 0.3 is 5.69 Å². The summed E-state index contributed by atoms with van der Waals surface area (Å²) in [7, 11) is -2.37. The molecular weight excluding hydrogens is 252 g/mol. The summed E-state index contributed by atoms with van der Waals surface area (Å²) in [4.78, 5) is 25.0. The van der Waals surface area contributed by atoms with Gasteiger partial charge in [0.1, 0.15) is 8.07 Å². The van der Waals surface area contributed by atoms with Gasteiger partial charge in [-0.2, -0.15) is 0 Å². The maximum atomic E-state index is 11.6. The number of rotatable bonds is 5. The number of aromatic nitrogens is 2. The average Bonchev–Trinajstić information content (AvgIpc) is 2.34. The molecule has 0 fully saturated rings. The minimum absolute atomic E-state index is 0.126. The molecule has 1 heterocycles. The van der Waals surface area contributed by atoms with Crippen molar-refractivity contribution in [3.8, 4) is 0 Å². The van der Waals surface area contributed by atoms with E-state index in [9.17, 15) is 19.8 Å². The molecule has 0 atom stereocenters. The number of aryl methyl sites for hydroxylation is 1. The maximum Gasteiger partial charge on any atom is 0.328 e. The SMILES string of the molecule is C=C(Cn1cc(C)c(=O)[nH]c1=O)[Si](C)(CO)CO. The Hall–Kier alpha value is -1.44. The first-order valence-corrected chi connectivity index (χ1v) is 8.46. The molecule has 0 saturated carbocycles. The lowest BCUT2D eigenvalue weighted by Gasteiger charge is -2.25. The van der Waals surface area contributed by atoms with Crippen molar-refractivity contribution in [1.29, 1.82) is 0 Å². The summed E-state index contributed by atoms with van der Waals surface area (Å²) >= 11 is 0.